The van der Waals surface area contributed by atoms with Gasteiger partial charge in [0.05, 0.1) is 16.1 Å². The fourth-order valence-electron chi connectivity index (χ4n) is 3.82. The number of imidazole rings is 1. The van der Waals surface area contributed by atoms with Gasteiger partial charge in [-0.25, -0.2) is 23.4 Å². The number of hydrogen-bond acceptors (Lipinski definition) is 6. The van der Waals surface area contributed by atoms with Crippen LogP contribution in [0.15, 0.2) is 31.1 Å². The van der Waals surface area contributed by atoms with Crippen molar-refractivity contribution in [2.45, 2.75) is 42.6 Å². The highest BCUT2D eigenvalue weighted by atomic mass is 32.2. The van der Waals surface area contributed by atoms with Crippen molar-refractivity contribution in [1.29, 1.82) is 0 Å². The van der Waals surface area contributed by atoms with Gasteiger partial charge in [-0.1, -0.05) is 6.42 Å². The first-order valence-corrected chi connectivity index (χ1v) is 9.74. The predicted octanol–water partition coefficient (Wildman–Crippen LogP) is 1.59. The van der Waals surface area contributed by atoms with Crippen molar-refractivity contribution >= 4 is 15.6 Å². The zero-order valence-corrected chi connectivity index (χ0v) is 13.9. The van der Waals surface area contributed by atoms with Crippen molar-refractivity contribution < 1.29 is 13.2 Å². The van der Waals surface area contributed by atoms with E-state index in [1.807, 2.05) is 0 Å². The Morgan fingerprint density at radius 2 is 1.79 bits per heavy atom. The number of rotatable bonds is 3. The maximum atomic E-state index is 12.7. The minimum absolute atomic E-state index is 0.0426. The molecule has 0 amide bonds. The second-order valence-electron chi connectivity index (χ2n) is 6.54. The van der Waals surface area contributed by atoms with Gasteiger partial charge in [0, 0.05) is 30.7 Å². The number of ketones is 1. The lowest BCUT2D eigenvalue weighted by atomic mass is 9.85. The highest BCUT2D eigenvalue weighted by Gasteiger charge is 2.46. The molecule has 7 nitrogen and oxygen atoms in total. The third kappa shape index (κ3) is 2.54. The van der Waals surface area contributed by atoms with Crippen molar-refractivity contribution in [3.63, 3.8) is 0 Å². The van der Waals surface area contributed by atoms with E-state index in [-0.39, 0.29) is 22.2 Å². The average molecular weight is 346 g/mol. The van der Waals surface area contributed by atoms with Gasteiger partial charge in [0.25, 0.3) is 0 Å². The summed E-state index contributed by atoms with van der Waals surface area (Å²) in [7, 11) is -3.04. The fraction of sp³-hybridized carbons (Fsp3) is 0.500. The van der Waals surface area contributed by atoms with Crippen LogP contribution in [0.2, 0.25) is 0 Å². The van der Waals surface area contributed by atoms with E-state index >= 15 is 0 Å². The molecule has 4 rings (SSSR count). The summed E-state index contributed by atoms with van der Waals surface area (Å²) in [6.07, 6.45) is 11.1. The molecule has 2 atom stereocenters. The lowest BCUT2D eigenvalue weighted by Crippen LogP contribution is -2.45. The van der Waals surface area contributed by atoms with Crippen LogP contribution in [0.1, 0.15) is 42.5 Å². The molecule has 0 aromatic carbocycles. The van der Waals surface area contributed by atoms with Crippen LogP contribution < -0.4 is 0 Å². The molecule has 24 heavy (non-hydrogen) atoms. The minimum atomic E-state index is -3.04. The molecule has 0 N–H and O–H groups in total. The van der Waals surface area contributed by atoms with Gasteiger partial charge in [-0.15, -0.1) is 0 Å². The van der Waals surface area contributed by atoms with Gasteiger partial charge in [-0.3, -0.25) is 9.36 Å². The Labute approximate surface area is 140 Å². The van der Waals surface area contributed by atoms with Crippen LogP contribution in [0.3, 0.4) is 0 Å². The molecular formula is C16H18N4O3S. The Morgan fingerprint density at radius 3 is 2.38 bits per heavy atom. The minimum Gasteiger partial charge on any atom is -0.294 e. The van der Waals surface area contributed by atoms with Crippen LogP contribution in [0.5, 0.6) is 0 Å². The topological polar surface area (TPSA) is 94.8 Å². The summed E-state index contributed by atoms with van der Waals surface area (Å²) in [6, 6.07) is 0. The van der Waals surface area contributed by atoms with Gasteiger partial charge in [-0.05, 0) is 25.7 Å². The number of hydrogen-bond donors (Lipinski definition) is 0. The molecule has 0 radical (unpaired) electrons. The van der Waals surface area contributed by atoms with E-state index in [1.54, 1.807) is 23.3 Å². The molecule has 0 spiro atoms. The number of carbonyl (C=O) groups excluding carboxylic acids is 1. The van der Waals surface area contributed by atoms with Crippen molar-refractivity contribution in [2.75, 3.05) is 0 Å². The standard InChI is InChI=1S/C16H18N4O3S/c21-15(11-6-13-2-1-3-14(7-11)24(13,22)23)12-8-18-16(19-9-12)20-5-4-17-10-20/h4-5,8-11,13-14H,1-3,6-7H2. The molecule has 4 heterocycles. The fourth-order valence-corrected chi connectivity index (χ4v) is 6.35. The van der Waals surface area contributed by atoms with Gasteiger partial charge in [0.1, 0.15) is 6.33 Å². The molecule has 2 aromatic rings. The smallest absolute Gasteiger partial charge is 0.234 e. The van der Waals surface area contributed by atoms with E-state index < -0.39 is 9.84 Å². The summed E-state index contributed by atoms with van der Waals surface area (Å²) < 4.78 is 26.3. The molecule has 126 valence electrons. The SMILES string of the molecule is O=C(c1cnc(-n2ccnc2)nc1)C1CC2CCCC(C1)S2(=O)=O. The Morgan fingerprint density at radius 1 is 1.12 bits per heavy atom. The van der Waals surface area contributed by atoms with Crippen LogP contribution in [0.25, 0.3) is 5.95 Å². The summed E-state index contributed by atoms with van der Waals surface area (Å²) in [5, 5.41) is -0.713. The molecule has 2 aliphatic rings. The van der Waals surface area contributed by atoms with Crippen molar-refractivity contribution in [3.8, 4) is 5.95 Å². The Bertz CT molecular complexity index is 826. The molecule has 8 heteroatoms. The molecule has 2 fully saturated rings. The summed E-state index contributed by atoms with van der Waals surface area (Å²) in [6.45, 7) is 0. The van der Waals surface area contributed by atoms with Crippen LogP contribution in [0, 0.1) is 5.92 Å². The van der Waals surface area contributed by atoms with Gasteiger partial charge >= 0.3 is 0 Å². The number of carbonyl (C=O) groups is 1. The number of sulfone groups is 1. The van der Waals surface area contributed by atoms with E-state index in [2.05, 4.69) is 15.0 Å². The second kappa shape index (κ2) is 5.77. The summed E-state index contributed by atoms with van der Waals surface area (Å²) in [5.74, 6) is 0.164. The normalized spacial score (nSPS) is 28.4. The van der Waals surface area contributed by atoms with Gasteiger partial charge in [0.2, 0.25) is 5.95 Å². The van der Waals surface area contributed by atoms with Crippen molar-refractivity contribution in [2.24, 2.45) is 5.92 Å². The number of nitrogens with zero attached hydrogens (tertiary/aromatic N) is 4. The first-order chi connectivity index (χ1) is 11.6. The van der Waals surface area contributed by atoms with E-state index in [4.69, 9.17) is 0 Å². The molecule has 0 saturated carbocycles. The number of Topliss-reactive ketones (excluding diaryl/α,β-unsaturated/α-hetero) is 1. The molecule has 2 saturated heterocycles. The van der Waals surface area contributed by atoms with Gasteiger partial charge < -0.3 is 0 Å². The Hall–Kier alpha value is -2.09. The zero-order valence-electron chi connectivity index (χ0n) is 13.1. The van der Waals surface area contributed by atoms with Gasteiger partial charge in [0.15, 0.2) is 15.6 Å². The maximum Gasteiger partial charge on any atom is 0.234 e. The second-order valence-corrected chi connectivity index (χ2v) is 9.05. The summed E-state index contributed by atoms with van der Waals surface area (Å²) in [5.41, 5.74) is 0.446. The van der Waals surface area contributed by atoms with Gasteiger partial charge in [-0.2, -0.15) is 0 Å². The first-order valence-electron chi connectivity index (χ1n) is 8.13. The van der Waals surface area contributed by atoms with E-state index in [0.29, 0.717) is 37.2 Å². The molecule has 2 aromatic heterocycles. The quantitative estimate of drug-likeness (QED) is 0.783. The first kappa shape index (κ1) is 15.4. The molecular weight excluding hydrogens is 328 g/mol. The molecule has 2 bridgehead atoms. The highest BCUT2D eigenvalue weighted by molar-refractivity contribution is 7.92. The molecule has 2 aliphatic heterocycles. The molecule has 2 unspecified atom stereocenters. The molecule has 0 aliphatic carbocycles. The lowest BCUT2D eigenvalue weighted by molar-refractivity contribution is 0.0893. The van der Waals surface area contributed by atoms with Crippen LogP contribution in [-0.4, -0.2) is 44.2 Å². The number of fused-ring (bicyclic) bond motifs is 2. The van der Waals surface area contributed by atoms with E-state index in [0.717, 1.165) is 6.42 Å². The highest BCUT2D eigenvalue weighted by Crippen LogP contribution is 2.40. The van der Waals surface area contributed by atoms with Crippen molar-refractivity contribution in [1.82, 2.24) is 19.5 Å². The largest absolute Gasteiger partial charge is 0.294 e. The van der Waals surface area contributed by atoms with Crippen molar-refractivity contribution in [3.05, 3.63) is 36.7 Å². The third-order valence-corrected chi connectivity index (χ3v) is 7.82. The van der Waals surface area contributed by atoms with Crippen LogP contribution >= 0.6 is 0 Å². The number of aromatic nitrogens is 4. The maximum absolute atomic E-state index is 12.7. The average Bonchev–Trinajstić information content (AvgIpc) is 3.08. The Kier molecular flexibility index (Phi) is 3.71. The summed E-state index contributed by atoms with van der Waals surface area (Å²) in [4.78, 5) is 25.1. The van der Waals surface area contributed by atoms with E-state index in [1.165, 1.54) is 12.4 Å². The zero-order chi connectivity index (χ0) is 16.7. The monoisotopic (exact) mass is 346 g/mol. The Balaban J connectivity index is 1.54. The predicted molar refractivity (Wildman–Crippen MR) is 86.6 cm³/mol. The van der Waals surface area contributed by atoms with Crippen LogP contribution in [-0.2, 0) is 9.84 Å². The van der Waals surface area contributed by atoms with Crippen LogP contribution in [0.4, 0.5) is 0 Å². The summed E-state index contributed by atoms with van der Waals surface area (Å²) >= 11 is 0. The third-order valence-electron chi connectivity index (χ3n) is 5.11. The lowest BCUT2D eigenvalue weighted by Gasteiger charge is -2.38. The van der Waals surface area contributed by atoms with E-state index in [9.17, 15) is 13.2 Å².